The van der Waals surface area contributed by atoms with Crippen LogP contribution in [-0.2, 0) is 0 Å². The summed E-state index contributed by atoms with van der Waals surface area (Å²) in [7, 11) is 1.92. The molecule has 0 radical (unpaired) electrons. The van der Waals surface area contributed by atoms with Crippen LogP contribution in [0.15, 0.2) is 24.3 Å². The van der Waals surface area contributed by atoms with Crippen LogP contribution in [0.4, 0.5) is 5.69 Å². The van der Waals surface area contributed by atoms with Crippen LogP contribution in [0.2, 0.25) is 0 Å². The van der Waals surface area contributed by atoms with Gasteiger partial charge in [0.25, 0.3) is 5.91 Å². The van der Waals surface area contributed by atoms with E-state index in [-0.39, 0.29) is 5.91 Å². The standard InChI is InChI=1S/C15H22N2O/c1-11-3-9-14(10-4-11)17(2)15(18)12-5-7-13(16)8-6-12/h5-8,11,14H,3-4,9-10,16H2,1-2H3. The summed E-state index contributed by atoms with van der Waals surface area (Å²) < 4.78 is 0. The van der Waals surface area contributed by atoms with Gasteiger partial charge in [-0.3, -0.25) is 4.79 Å². The van der Waals surface area contributed by atoms with Crippen molar-refractivity contribution in [2.75, 3.05) is 12.8 Å². The fourth-order valence-corrected chi connectivity index (χ4v) is 2.62. The van der Waals surface area contributed by atoms with Gasteiger partial charge in [-0.25, -0.2) is 0 Å². The van der Waals surface area contributed by atoms with E-state index in [4.69, 9.17) is 5.73 Å². The number of hydrogen-bond acceptors (Lipinski definition) is 2. The number of hydrogen-bond donors (Lipinski definition) is 1. The molecule has 3 nitrogen and oxygen atoms in total. The van der Waals surface area contributed by atoms with E-state index < -0.39 is 0 Å². The summed E-state index contributed by atoms with van der Waals surface area (Å²) in [5.74, 6) is 0.913. The molecule has 0 aliphatic heterocycles. The molecule has 1 amide bonds. The van der Waals surface area contributed by atoms with Crippen molar-refractivity contribution < 1.29 is 4.79 Å². The molecular formula is C15H22N2O. The fraction of sp³-hybridized carbons (Fsp3) is 0.533. The number of carbonyl (C=O) groups excluding carboxylic acids is 1. The first kappa shape index (κ1) is 12.9. The van der Waals surface area contributed by atoms with E-state index >= 15 is 0 Å². The van der Waals surface area contributed by atoms with Gasteiger partial charge in [0.1, 0.15) is 0 Å². The van der Waals surface area contributed by atoms with Gasteiger partial charge in [-0.1, -0.05) is 6.92 Å². The lowest BCUT2D eigenvalue weighted by Crippen LogP contribution is -2.39. The lowest BCUT2D eigenvalue weighted by molar-refractivity contribution is 0.0679. The van der Waals surface area contributed by atoms with Gasteiger partial charge in [0.15, 0.2) is 0 Å². The van der Waals surface area contributed by atoms with Crippen molar-refractivity contribution >= 4 is 11.6 Å². The monoisotopic (exact) mass is 246 g/mol. The Labute approximate surface area is 109 Å². The van der Waals surface area contributed by atoms with Gasteiger partial charge in [-0.15, -0.1) is 0 Å². The van der Waals surface area contributed by atoms with E-state index in [1.54, 1.807) is 24.3 Å². The van der Waals surface area contributed by atoms with Crippen molar-refractivity contribution in [2.24, 2.45) is 5.92 Å². The lowest BCUT2D eigenvalue weighted by atomic mass is 9.86. The summed E-state index contributed by atoms with van der Waals surface area (Å²) >= 11 is 0. The van der Waals surface area contributed by atoms with E-state index in [1.165, 1.54) is 12.8 Å². The maximum absolute atomic E-state index is 12.3. The Kier molecular flexibility index (Phi) is 3.90. The number of benzene rings is 1. The predicted octanol–water partition coefficient (Wildman–Crippen LogP) is 2.92. The van der Waals surface area contributed by atoms with Crippen molar-refractivity contribution in [2.45, 2.75) is 38.6 Å². The number of rotatable bonds is 2. The zero-order valence-corrected chi connectivity index (χ0v) is 11.2. The molecule has 1 aromatic carbocycles. The molecule has 0 atom stereocenters. The summed E-state index contributed by atoms with van der Waals surface area (Å²) in [5, 5.41) is 0. The van der Waals surface area contributed by atoms with Gasteiger partial charge in [-0.2, -0.15) is 0 Å². The average Bonchev–Trinajstić information content (AvgIpc) is 2.39. The van der Waals surface area contributed by atoms with Gasteiger partial charge in [0.05, 0.1) is 0 Å². The SMILES string of the molecule is CC1CCC(N(C)C(=O)c2ccc(N)cc2)CC1. The highest BCUT2D eigenvalue weighted by Crippen LogP contribution is 2.27. The number of nitrogens with two attached hydrogens (primary N) is 1. The molecule has 0 saturated heterocycles. The summed E-state index contributed by atoms with van der Waals surface area (Å²) in [6.45, 7) is 2.29. The fourth-order valence-electron chi connectivity index (χ4n) is 2.62. The molecule has 0 bridgehead atoms. The largest absolute Gasteiger partial charge is 0.399 e. The van der Waals surface area contributed by atoms with Crippen LogP contribution in [0.1, 0.15) is 43.0 Å². The van der Waals surface area contributed by atoms with Crippen LogP contribution in [-0.4, -0.2) is 23.9 Å². The second kappa shape index (κ2) is 5.42. The molecule has 0 aromatic heterocycles. The third-order valence-corrected chi connectivity index (χ3v) is 4.01. The van der Waals surface area contributed by atoms with Gasteiger partial charge >= 0.3 is 0 Å². The van der Waals surface area contributed by atoms with Crippen molar-refractivity contribution in [3.05, 3.63) is 29.8 Å². The summed E-state index contributed by atoms with van der Waals surface area (Å²) in [6.07, 6.45) is 4.70. The molecule has 3 heteroatoms. The molecule has 1 aromatic rings. The molecule has 0 heterocycles. The van der Waals surface area contributed by atoms with Crippen LogP contribution >= 0.6 is 0 Å². The molecule has 0 spiro atoms. The van der Waals surface area contributed by atoms with Crippen molar-refractivity contribution in [3.8, 4) is 0 Å². The highest BCUT2D eigenvalue weighted by atomic mass is 16.2. The van der Waals surface area contributed by atoms with Gasteiger partial charge < -0.3 is 10.6 Å². The lowest BCUT2D eigenvalue weighted by Gasteiger charge is -2.33. The molecule has 1 saturated carbocycles. The Bertz CT molecular complexity index is 405. The van der Waals surface area contributed by atoms with Gasteiger partial charge in [-0.05, 0) is 55.9 Å². The van der Waals surface area contributed by atoms with E-state index in [0.29, 0.717) is 11.7 Å². The molecule has 98 valence electrons. The Hall–Kier alpha value is -1.51. The number of amides is 1. The maximum atomic E-state index is 12.3. The zero-order valence-electron chi connectivity index (χ0n) is 11.2. The minimum absolute atomic E-state index is 0.106. The molecule has 1 fully saturated rings. The Morgan fingerprint density at radius 3 is 2.28 bits per heavy atom. The zero-order chi connectivity index (χ0) is 13.1. The average molecular weight is 246 g/mol. The Morgan fingerprint density at radius 1 is 1.17 bits per heavy atom. The first-order valence-electron chi connectivity index (χ1n) is 6.70. The maximum Gasteiger partial charge on any atom is 0.253 e. The van der Waals surface area contributed by atoms with Crippen molar-refractivity contribution in [3.63, 3.8) is 0 Å². The molecule has 0 unspecified atom stereocenters. The normalized spacial score (nSPS) is 23.7. The number of nitrogens with zero attached hydrogens (tertiary/aromatic N) is 1. The highest BCUT2D eigenvalue weighted by molar-refractivity contribution is 5.94. The smallest absolute Gasteiger partial charge is 0.253 e. The minimum Gasteiger partial charge on any atom is -0.399 e. The van der Waals surface area contributed by atoms with E-state index in [9.17, 15) is 4.79 Å². The summed E-state index contributed by atoms with van der Waals surface area (Å²) in [5.41, 5.74) is 7.06. The van der Waals surface area contributed by atoms with Crippen LogP contribution in [0.5, 0.6) is 0 Å². The Balaban J connectivity index is 2.02. The number of anilines is 1. The number of nitrogen functional groups attached to an aromatic ring is 1. The highest BCUT2D eigenvalue weighted by Gasteiger charge is 2.25. The van der Waals surface area contributed by atoms with Gasteiger partial charge in [0.2, 0.25) is 0 Å². The molecule has 18 heavy (non-hydrogen) atoms. The molecule has 2 rings (SSSR count). The second-order valence-corrected chi connectivity index (χ2v) is 5.45. The predicted molar refractivity (Wildman–Crippen MR) is 74.4 cm³/mol. The van der Waals surface area contributed by atoms with Crippen LogP contribution in [0.3, 0.4) is 0 Å². The molecule has 2 N–H and O–H groups in total. The number of carbonyl (C=O) groups is 1. The second-order valence-electron chi connectivity index (χ2n) is 5.45. The summed E-state index contributed by atoms with van der Waals surface area (Å²) in [6, 6.07) is 7.57. The summed E-state index contributed by atoms with van der Waals surface area (Å²) in [4.78, 5) is 14.2. The van der Waals surface area contributed by atoms with Gasteiger partial charge in [0, 0.05) is 24.3 Å². The third kappa shape index (κ3) is 2.84. The molecule has 1 aliphatic carbocycles. The molecule has 1 aliphatic rings. The van der Waals surface area contributed by atoms with E-state index in [0.717, 1.165) is 24.3 Å². The Morgan fingerprint density at radius 2 is 1.72 bits per heavy atom. The quantitative estimate of drug-likeness (QED) is 0.815. The topological polar surface area (TPSA) is 46.3 Å². The van der Waals surface area contributed by atoms with E-state index in [1.807, 2.05) is 11.9 Å². The van der Waals surface area contributed by atoms with Crippen LogP contribution in [0.25, 0.3) is 0 Å². The van der Waals surface area contributed by atoms with Crippen LogP contribution < -0.4 is 5.73 Å². The first-order valence-corrected chi connectivity index (χ1v) is 6.70. The minimum atomic E-state index is 0.106. The molecular weight excluding hydrogens is 224 g/mol. The van der Waals surface area contributed by atoms with Crippen molar-refractivity contribution in [1.29, 1.82) is 0 Å². The van der Waals surface area contributed by atoms with E-state index in [2.05, 4.69) is 6.92 Å². The van der Waals surface area contributed by atoms with Crippen molar-refractivity contribution in [1.82, 2.24) is 4.90 Å². The third-order valence-electron chi connectivity index (χ3n) is 4.01. The van der Waals surface area contributed by atoms with Crippen LogP contribution in [0, 0.1) is 5.92 Å². The first-order chi connectivity index (χ1) is 8.58.